The van der Waals surface area contributed by atoms with Gasteiger partial charge in [-0.25, -0.2) is 0 Å². The summed E-state index contributed by atoms with van der Waals surface area (Å²) in [6.45, 7) is 19.9. The van der Waals surface area contributed by atoms with Crippen LogP contribution < -0.4 is 22.1 Å². The molecule has 56 heavy (non-hydrogen) atoms. The minimum absolute atomic E-state index is 0.0164. The van der Waals surface area contributed by atoms with Gasteiger partial charge in [0.1, 0.15) is 0 Å². The number of guanidine groups is 1. The fourth-order valence-electron chi connectivity index (χ4n) is 7.14. The van der Waals surface area contributed by atoms with Gasteiger partial charge in [-0.05, 0) is 57.8 Å². The Hall–Kier alpha value is -2.71. The van der Waals surface area contributed by atoms with Crippen LogP contribution in [0.3, 0.4) is 0 Å². The smallest absolute Gasteiger partial charge is 0.308 e. The van der Waals surface area contributed by atoms with E-state index in [-0.39, 0.29) is 29.8 Å². The maximum Gasteiger partial charge on any atom is 0.308 e. The van der Waals surface area contributed by atoms with Crippen LogP contribution >= 0.6 is 0 Å². The van der Waals surface area contributed by atoms with Gasteiger partial charge in [0.05, 0.1) is 30.9 Å². The second kappa shape index (κ2) is 39.1. The number of carbonyl (C=O) groups excluding carboxylic acids is 2. The molecular weight excluding hydrogens is 699 g/mol. The number of hydrogen-bond donors (Lipinski definition) is 4. The first kappa shape index (κ1) is 53.3. The summed E-state index contributed by atoms with van der Waals surface area (Å²) >= 11 is 0. The van der Waals surface area contributed by atoms with Gasteiger partial charge in [0.2, 0.25) is 5.91 Å². The third-order valence-corrected chi connectivity index (χ3v) is 10.9. The fraction of sp³-hybridized carbons (Fsp3) is 0.851. The van der Waals surface area contributed by atoms with Crippen LogP contribution in [0.15, 0.2) is 29.6 Å². The Balaban J connectivity index is 4.30. The molecule has 0 radical (unpaired) electrons. The first-order chi connectivity index (χ1) is 27.2. The molecule has 3 unspecified atom stereocenters. The van der Waals surface area contributed by atoms with Crippen molar-refractivity contribution in [1.82, 2.24) is 10.6 Å². The molecule has 3 atom stereocenters. The fourth-order valence-corrected chi connectivity index (χ4v) is 7.14. The lowest BCUT2D eigenvalue weighted by atomic mass is 9.94. The molecule has 0 bridgehead atoms. The normalized spacial score (nSPS) is 12.7. The summed E-state index contributed by atoms with van der Waals surface area (Å²) in [4.78, 5) is 29.7. The standard InChI is InChI=1S/C47H91N5O4/c1-7-11-15-24-32-42(30-13-9-3)41(6)55-38-28-23-19-20-26-34-45(53)52-44(35-37-51-47(48)49)40(5)50-36-27-21-17-18-22-29-39-56-46(54)43(31-14-10-4)33-25-16-12-8-2/h42-44,50H,5-39H2,1-4H3,(H,52,53)(H4,48,49,51). The van der Waals surface area contributed by atoms with Gasteiger partial charge < -0.3 is 31.6 Å². The Bertz CT molecular complexity index is 999. The number of hydrogen-bond acceptors (Lipinski definition) is 6. The van der Waals surface area contributed by atoms with Crippen molar-refractivity contribution >= 4 is 17.8 Å². The van der Waals surface area contributed by atoms with E-state index < -0.39 is 0 Å². The molecule has 0 aliphatic rings. The van der Waals surface area contributed by atoms with Gasteiger partial charge in [0.15, 0.2) is 5.96 Å². The molecule has 0 aromatic rings. The van der Waals surface area contributed by atoms with Gasteiger partial charge in [-0.2, -0.15) is 0 Å². The Morgan fingerprint density at radius 1 is 0.571 bits per heavy atom. The molecule has 328 valence electrons. The van der Waals surface area contributed by atoms with E-state index in [2.05, 4.69) is 56.5 Å². The van der Waals surface area contributed by atoms with Gasteiger partial charge in [0, 0.05) is 31.1 Å². The summed E-state index contributed by atoms with van der Waals surface area (Å²) in [6, 6.07) is -0.232. The Kier molecular flexibility index (Phi) is 37.2. The van der Waals surface area contributed by atoms with Crippen LogP contribution in [0.4, 0.5) is 0 Å². The van der Waals surface area contributed by atoms with Crippen LogP contribution in [0, 0.1) is 11.8 Å². The van der Waals surface area contributed by atoms with Crippen molar-refractivity contribution in [1.29, 1.82) is 0 Å². The number of nitrogens with zero attached hydrogens (tertiary/aromatic N) is 1. The second-order valence-corrected chi connectivity index (χ2v) is 16.2. The summed E-state index contributed by atoms with van der Waals surface area (Å²) in [6.07, 6.45) is 31.5. The van der Waals surface area contributed by atoms with Crippen LogP contribution in [0.25, 0.3) is 0 Å². The first-order valence-corrected chi connectivity index (χ1v) is 23.4. The van der Waals surface area contributed by atoms with E-state index in [0.717, 1.165) is 127 Å². The van der Waals surface area contributed by atoms with Crippen molar-refractivity contribution in [2.24, 2.45) is 28.3 Å². The van der Waals surface area contributed by atoms with E-state index >= 15 is 0 Å². The highest BCUT2D eigenvalue weighted by atomic mass is 16.5. The summed E-state index contributed by atoms with van der Waals surface area (Å²) in [7, 11) is 0. The van der Waals surface area contributed by atoms with Crippen LogP contribution in [0.2, 0.25) is 0 Å². The van der Waals surface area contributed by atoms with Gasteiger partial charge >= 0.3 is 5.97 Å². The molecule has 0 aliphatic carbocycles. The molecule has 0 spiro atoms. The number of unbranched alkanes of at least 4 members (excludes halogenated alkanes) is 17. The Labute approximate surface area is 345 Å². The number of aliphatic imine (C=N–C) groups is 1. The third kappa shape index (κ3) is 32.4. The molecule has 9 nitrogen and oxygen atoms in total. The number of ether oxygens (including phenoxy) is 2. The maximum absolute atomic E-state index is 12.9. The molecule has 1 amide bonds. The zero-order chi connectivity index (χ0) is 41.5. The summed E-state index contributed by atoms with van der Waals surface area (Å²) in [5, 5.41) is 6.60. The average Bonchev–Trinajstić information content (AvgIpc) is 3.18. The Morgan fingerprint density at radius 2 is 1.05 bits per heavy atom. The van der Waals surface area contributed by atoms with Gasteiger partial charge in [-0.1, -0.05) is 163 Å². The first-order valence-electron chi connectivity index (χ1n) is 23.4. The van der Waals surface area contributed by atoms with Crippen molar-refractivity contribution in [2.45, 2.75) is 220 Å². The number of rotatable bonds is 42. The zero-order valence-electron chi connectivity index (χ0n) is 37.2. The van der Waals surface area contributed by atoms with Gasteiger partial charge in [-0.15, -0.1) is 0 Å². The van der Waals surface area contributed by atoms with E-state index in [0.29, 0.717) is 31.9 Å². The summed E-state index contributed by atoms with van der Waals surface area (Å²) < 4.78 is 11.8. The lowest BCUT2D eigenvalue weighted by molar-refractivity contribution is -0.149. The van der Waals surface area contributed by atoms with E-state index in [1.54, 1.807) is 0 Å². The van der Waals surface area contributed by atoms with Crippen molar-refractivity contribution in [3.05, 3.63) is 24.6 Å². The predicted molar refractivity (Wildman–Crippen MR) is 239 cm³/mol. The zero-order valence-corrected chi connectivity index (χ0v) is 37.2. The summed E-state index contributed by atoms with van der Waals surface area (Å²) in [5.41, 5.74) is 11.9. The largest absolute Gasteiger partial charge is 0.498 e. The quantitative estimate of drug-likeness (QED) is 0.0159. The number of amides is 1. The van der Waals surface area contributed by atoms with Crippen LogP contribution in [-0.4, -0.2) is 50.2 Å². The molecule has 9 heteroatoms. The number of esters is 1. The minimum atomic E-state index is -0.232. The average molecular weight is 790 g/mol. The lowest BCUT2D eigenvalue weighted by Crippen LogP contribution is -2.40. The number of carbonyl (C=O) groups is 2. The molecule has 0 aliphatic heterocycles. The topological polar surface area (TPSA) is 141 Å². The number of allylic oxidation sites excluding steroid dienone is 1. The summed E-state index contributed by atoms with van der Waals surface area (Å²) in [5.74, 6) is 1.65. The van der Waals surface area contributed by atoms with E-state index in [1.165, 1.54) is 70.6 Å². The van der Waals surface area contributed by atoms with Crippen molar-refractivity contribution in [3.63, 3.8) is 0 Å². The van der Waals surface area contributed by atoms with E-state index in [9.17, 15) is 9.59 Å². The van der Waals surface area contributed by atoms with Crippen molar-refractivity contribution in [2.75, 3.05) is 26.3 Å². The van der Waals surface area contributed by atoms with Crippen LogP contribution in [0.1, 0.15) is 214 Å². The molecule has 0 aromatic heterocycles. The highest BCUT2D eigenvalue weighted by Crippen LogP contribution is 2.25. The van der Waals surface area contributed by atoms with E-state index in [1.807, 2.05) is 0 Å². The van der Waals surface area contributed by atoms with Crippen molar-refractivity contribution < 1.29 is 19.1 Å². The molecule has 0 fully saturated rings. The van der Waals surface area contributed by atoms with Gasteiger partial charge in [-0.3, -0.25) is 14.6 Å². The van der Waals surface area contributed by atoms with Crippen LogP contribution in [-0.2, 0) is 19.1 Å². The number of nitrogens with one attached hydrogen (secondary N) is 2. The predicted octanol–water partition coefficient (Wildman–Crippen LogP) is 11.5. The van der Waals surface area contributed by atoms with Crippen LogP contribution in [0.5, 0.6) is 0 Å². The Morgan fingerprint density at radius 3 is 1.64 bits per heavy atom. The SMILES string of the molecule is C=C(OCCCCCCCC(=O)NC(CCN=C(N)N)C(=C)NCCCCCCCCOC(=O)C(CCCC)CCCCCC)C(CCCC)CCCCCC. The second-order valence-electron chi connectivity index (χ2n) is 16.2. The molecule has 6 N–H and O–H groups in total. The van der Waals surface area contributed by atoms with Crippen molar-refractivity contribution in [3.8, 4) is 0 Å². The lowest BCUT2D eigenvalue weighted by Gasteiger charge is -2.22. The molecule has 0 saturated heterocycles. The molecule has 0 aromatic carbocycles. The van der Waals surface area contributed by atoms with E-state index in [4.69, 9.17) is 20.9 Å². The molecule has 0 saturated carbocycles. The van der Waals surface area contributed by atoms with Gasteiger partial charge in [0.25, 0.3) is 0 Å². The highest BCUT2D eigenvalue weighted by Gasteiger charge is 2.19. The highest BCUT2D eigenvalue weighted by molar-refractivity contribution is 5.77. The molecule has 0 heterocycles. The molecular formula is C47H91N5O4. The monoisotopic (exact) mass is 790 g/mol. The number of nitrogens with two attached hydrogens (primary N) is 2. The third-order valence-electron chi connectivity index (χ3n) is 10.9. The minimum Gasteiger partial charge on any atom is -0.498 e. The maximum atomic E-state index is 12.9. The molecule has 0 rings (SSSR count).